The maximum Gasteiger partial charge on any atom is 0.323 e. The Morgan fingerprint density at radius 1 is 0.679 bits per heavy atom. The van der Waals surface area contributed by atoms with Crippen molar-refractivity contribution in [3.05, 3.63) is 132 Å². The summed E-state index contributed by atoms with van der Waals surface area (Å²) in [6.45, 7) is 2.23. The molecule has 2 N–H and O–H groups in total. The number of carbonyl (C=O) groups is 2. The molecule has 0 radical (unpaired) electrons. The van der Waals surface area contributed by atoms with E-state index in [1.165, 1.54) is 52.6 Å². The van der Waals surface area contributed by atoms with Crippen LogP contribution in [-0.2, 0) is 48.1 Å². The molecule has 7 aromatic rings. The van der Waals surface area contributed by atoms with E-state index in [-0.39, 0.29) is 36.9 Å². The smallest absolute Gasteiger partial charge is 0.323 e. The van der Waals surface area contributed by atoms with E-state index in [2.05, 4.69) is 4.98 Å². The van der Waals surface area contributed by atoms with Crippen LogP contribution in [0.5, 0.6) is 0 Å². The first-order valence-corrected chi connectivity index (χ1v) is 19.1. The maximum absolute atomic E-state index is 13.9. The molecule has 53 heavy (non-hydrogen) atoms. The topological polar surface area (TPSA) is 166 Å². The van der Waals surface area contributed by atoms with Gasteiger partial charge in [-0.1, -0.05) is 48.5 Å². The van der Waals surface area contributed by atoms with E-state index in [9.17, 15) is 40.3 Å². The highest BCUT2D eigenvalue weighted by molar-refractivity contribution is 7.92. The van der Waals surface area contributed by atoms with Gasteiger partial charge in [-0.2, -0.15) is 0 Å². The largest absolute Gasteiger partial charge is 0.480 e. The zero-order valence-electron chi connectivity index (χ0n) is 28.2. The van der Waals surface area contributed by atoms with Gasteiger partial charge in [0.05, 0.1) is 32.1 Å². The lowest BCUT2D eigenvalue weighted by molar-refractivity contribution is -0.138. The van der Waals surface area contributed by atoms with Gasteiger partial charge in [0.25, 0.3) is 0 Å². The number of carboxylic acids is 2. The summed E-state index contributed by atoms with van der Waals surface area (Å²) >= 11 is 0. The zero-order chi connectivity index (χ0) is 38.2. The van der Waals surface area contributed by atoms with Crippen molar-refractivity contribution in [2.45, 2.75) is 47.4 Å². The Balaban J connectivity index is 0.000000183. The molecule has 0 aliphatic heterocycles. The molecule has 0 saturated carbocycles. The summed E-state index contributed by atoms with van der Waals surface area (Å²) in [6.07, 6.45) is 1.50. The Labute approximate surface area is 302 Å². The van der Waals surface area contributed by atoms with E-state index in [1.807, 2.05) is 0 Å². The number of benzene rings is 4. The lowest BCUT2D eigenvalue weighted by Gasteiger charge is -2.09. The van der Waals surface area contributed by atoms with Gasteiger partial charge >= 0.3 is 11.9 Å². The molecule has 4 aromatic carbocycles. The van der Waals surface area contributed by atoms with Crippen molar-refractivity contribution in [1.29, 1.82) is 0 Å². The molecule has 3 aromatic heterocycles. The zero-order valence-corrected chi connectivity index (χ0v) is 29.8. The Morgan fingerprint density at radius 3 is 1.77 bits per heavy atom. The molecule has 0 aliphatic rings. The number of para-hydroxylation sites is 1. The van der Waals surface area contributed by atoms with Crippen LogP contribution in [0.15, 0.2) is 118 Å². The molecule has 7 rings (SSSR count). The highest BCUT2D eigenvalue weighted by Gasteiger charge is 2.30. The van der Waals surface area contributed by atoms with Crippen molar-refractivity contribution in [1.82, 2.24) is 14.1 Å². The number of fused-ring (bicyclic) bond motifs is 3. The minimum absolute atomic E-state index is 0.00710. The van der Waals surface area contributed by atoms with Crippen LogP contribution in [0.1, 0.15) is 17.0 Å². The minimum atomic E-state index is -4.10. The monoisotopic (exact) mass is 759 g/mol. The van der Waals surface area contributed by atoms with Crippen molar-refractivity contribution in [3.8, 4) is 0 Å². The Hall–Kier alpha value is -5.93. The van der Waals surface area contributed by atoms with Crippen LogP contribution in [0.4, 0.5) is 8.78 Å². The van der Waals surface area contributed by atoms with Crippen LogP contribution in [-0.4, -0.2) is 53.1 Å². The van der Waals surface area contributed by atoms with Crippen molar-refractivity contribution in [3.63, 3.8) is 0 Å². The number of aliphatic carboxylic acids is 2. The highest BCUT2D eigenvalue weighted by Crippen LogP contribution is 2.37. The van der Waals surface area contributed by atoms with Crippen LogP contribution in [0.25, 0.3) is 32.7 Å². The van der Waals surface area contributed by atoms with Gasteiger partial charge in [0.15, 0.2) is 9.84 Å². The summed E-state index contributed by atoms with van der Waals surface area (Å²) in [5.41, 5.74) is 2.16. The first kappa shape index (κ1) is 36.8. The van der Waals surface area contributed by atoms with Crippen LogP contribution in [0, 0.1) is 25.5 Å². The number of hydrogen-bond donors (Lipinski definition) is 2. The summed E-state index contributed by atoms with van der Waals surface area (Å²) in [6, 6.07) is 24.4. The van der Waals surface area contributed by atoms with Gasteiger partial charge in [0.2, 0.25) is 9.84 Å². The van der Waals surface area contributed by atoms with Gasteiger partial charge in [-0.25, -0.2) is 25.6 Å². The third kappa shape index (κ3) is 7.12. The average Bonchev–Trinajstić information content (AvgIpc) is 3.53. The van der Waals surface area contributed by atoms with Gasteiger partial charge in [-0.3, -0.25) is 14.6 Å². The molecule has 0 atom stereocenters. The maximum atomic E-state index is 13.9. The summed E-state index contributed by atoms with van der Waals surface area (Å²) in [4.78, 5) is 26.5. The number of rotatable bonds is 9. The summed E-state index contributed by atoms with van der Waals surface area (Å²) < 4.78 is 83.5. The van der Waals surface area contributed by atoms with Crippen molar-refractivity contribution < 1.29 is 45.4 Å². The summed E-state index contributed by atoms with van der Waals surface area (Å²) in [7, 11) is -7.88. The fraction of sp³-hybridized carbons (Fsp3) is 0.132. The van der Waals surface area contributed by atoms with Gasteiger partial charge in [0, 0.05) is 33.7 Å². The normalized spacial score (nSPS) is 11.8. The molecular weight excluding hydrogens is 729 g/mol. The van der Waals surface area contributed by atoms with Crippen LogP contribution >= 0.6 is 0 Å². The Bertz CT molecular complexity index is 2790. The SMILES string of the molecule is Cc1c(S(=O)(=O)Cc2ccccc2)c2cc(F)ccc2n1CC(=O)O.Cc1c(S(=O)(=O)c2cccc3cccnc23)c2cc(F)ccc2n1CC(=O)O. The third-order valence-electron chi connectivity index (χ3n) is 8.71. The molecular formula is C38H31F2N3O8S2. The highest BCUT2D eigenvalue weighted by atomic mass is 32.2. The number of halogens is 2. The average molecular weight is 760 g/mol. The van der Waals surface area contributed by atoms with Crippen LogP contribution < -0.4 is 0 Å². The molecule has 0 spiro atoms. The molecule has 15 heteroatoms. The predicted octanol–water partition coefficient (Wildman–Crippen LogP) is 6.70. The van der Waals surface area contributed by atoms with Crippen molar-refractivity contribution in [2.75, 3.05) is 0 Å². The second-order valence-electron chi connectivity index (χ2n) is 12.2. The van der Waals surface area contributed by atoms with Gasteiger partial charge in [-0.05, 0) is 67.9 Å². The second kappa shape index (κ2) is 14.2. The number of aromatic nitrogens is 3. The Morgan fingerprint density at radius 2 is 1.21 bits per heavy atom. The number of carboxylic acid groups (broad SMARTS) is 2. The van der Waals surface area contributed by atoms with E-state index in [0.29, 0.717) is 33.2 Å². The first-order chi connectivity index (χ1) is 25.1. The van der Waals surface area contributed by atoms with Crippen LogP contribution in [0.3, 0.4) is 0 Å². The minimum Gasteiger partial charge on any atom is -0.480 e. The van der Waals surface area contributed by atoms with E-state index in [4.69, 9.17) is 5.11 Å². The number of sulfone groups is 2. The molecule has 0 unspecified atom stereocenters. The quantitative estimate of drug-likeness (QED) is 0.163. The van der Waals surface area contributed by atoms with E-state index >= 15 is 0 Å². The molecule has 0 saturated heterocycles. The number of hydrogen-bond acceptors (Lipinski definition) is 7. The summed E-state index contributed by atoms with van der Waals surface area (Å²) in [5, 5.41) is 19.3. The third-order valence-corrected chi connectivity index (χ3v) is 12.5. The molecule has 0 bridgehead atoms. The standard InChI is InChI=1S/C20H15FN2O4S.C18H16FNO4S/c1-12-20(15-10-14(21)7-8-16(15)23(12)11-18(24)25)28(26,27)17-6-2-4-13-5-3-9-22-19(13)17;1-12-18(25(23,24)11-13-5-3-2-4-6-13)15-9-14(19)7-8-16(15)20(12)10-17(21)22/h2-10H,11H2,1H3,(H,24,25);2-9H,10-11H2,1H3,(H,21,22). The molecule has 0 fully saturated rings. The number of pyridine rings is 1. The molecule has 11 nitrogen and oxygen atoms in total. The Kier molecular flexibility index (Phi) is 9.90. The van der Waals surface area contributed by atoms with Crippen molar-refractivity contribution >= 4 is 64.3 Å². The molecule has 272 valence electrons. The van der Waals surface area contributed by atoms with Gasteiger partial charge in [-0.15, -0.1) is 0 Å². The van der Waals surface area contributed by atoms with E-state index < -0.39 is 56.3 Å². The lowest BCUT2D eigenvalue weighted by atomic mass is 10.2. The van der Waals surface area contributed by atoms with Crippen LogP contribution in [0.2, 0.25) is 0 Å². The lowest BCUT2D eigenvalue weighted by Crippen LogP contribution is -2.11. The molecule has 0 aliphatic carbocycles. The molecule has 3 heterocycles. The van der Waals surface area contributed by atoms with Gasteiger partial charge < -0.3 is 19.3 Å². The van der Waals surface area contributed by atoms with E-state index in [0.717, 1.165) is 12.1 Å². The molecule has 0 amide bonds. The fourth-order valence-corrected chi connectivity index (χ4v) is 10.2. The van der Waals surface area contributed by atoms with E-state index in [1.54, 1.807) is 61.5 Å². The first-order valence-electron chi connectivity index (χ1n) is 16.0. The predicted molar refractivity (Wildman–Crippen MR) is 193 cm³/mol. The number of nitrogens with zero attached hydrogens (tertiary/aromatic N) is 3. The van der Waals surface area contributed by atoms with Gasteiger partial charge in [0.1, 0.15) is 29.6 Å². The summed E-state index contributed by atoms with van der Waals surface area (Å²) in [5.74, 6) is -3.64. The van der Waals surface area contributed by atoms with Crippen molar-refractivity contribution in [2.24, 2.45) is 0 Å². The second-order valence-corrected chi connectivity index (χ2v) is 16.0. The fourth-order valence-electron chi connectivity index (χ4n) is 6.53.